The SMILES string of the molecule is COCONC(=O)C(C)(C)C. The summed E-state index contributed by atoms with van der Waals surface area (Å²) in [7, 11) is 1.49. The molecule has 1 amide bonds. The summed E-state index contributed by atoms with van der Waals surface area (Å²) in [5.41, 5.74) is 1.84. The smallest absolute Gasteiger partial charge is 0.248 e. The van der Waals surface area contributed by atoms with Crippen LogP contribution in [0.25, 0.3) is 0 Å². The molecule has 0 aliphatic carbocycles. The van der Waals surface area contributed by atoms with E-state index in [4.69, 9.17) is 0 Å². The average molecular weight is 161 g/mol. The molecule has 0 aliphatic rings. The fourth-order valence-electron chi connectivity index (χ4n) is 0.307. The predicted molar refractivity (Wildman–Crippen MR) is 40.6 cm³/mol. The first-order chi connectivity index (χ1) is 4.98. The van der Waals surface area contributed by atoms with Crippen molar-refractivity contribution in [2.24, 2.45) is 5.41 Å². The summed E-state index contributed by atoms with van der Waals surface area (Å²) >= 11 is 0. The fourth-order valence-corrected chi connectivity index (χ4v) is 0.307. The maximum Gasteiger partial charge on any atom is 0.248 e. The van der Waals surface area contributed by atoms with E-state index in [9.17, 15) is 4.79 Å². The molecule has 4 heteroatoms. The zero-order valence-electron chi connectivity index (χ0n) is 7.43. The van der Waals surface area contributed by atoms with Gasteiger partial charge in [0.15, 0.2) is 6.79 Å². The van der Waals surface area contributed by atoms with E-state index in [1.807, 2.05) is 0 Å². The van der Waals surface area contributed by atoms with Gasteiger partial charge in [0.2, 0.25) is 5.91 Å². The lowest BCUT2D eigenvalue weighted by atomic mass is 9.96. The Labute approximate surface area is 66.8 Å². The summed E-state index contributed by atoms with van der Waals surface area (Å²) in [5.74, 6) is -0.158. The molecule has 0 fully saturated rings. The summed E-state index contributed by atoms with van der Waals surface area (Å²) in [6.07, 6.45) is 0. The largest absolute Gasteiger partial charge is 0.356 e. The number of ether oxygens (including phenoxy) is 1. The molecule has 0 aromatic rings. The number of carbonyl (C=O) groups excluding carboxylic acids is 1. The molecule has 0 unspecified atom stereocenters. The van der Waals surface area contributed by atoms with Crippen LogP contribution in [0, 0.1) is 5.41 Å². The van der Waals surface area contributed by atoms with Crippen molar-refractivity contribution in [2.75, 3.05) is 13.9 Å². The zero-order chi connectivity index (χ0) is 8.91. The van der Waals surface area contributed by atoms with E-state index in [0.717, 1.165) is 0 Å². The lowest BCUT2D eigenvalue weighted by molar-refractivity contribution is -0.152. The van der Waals surface area contributed by atoms with Crippen molar-refractivity contribution >= 4 is 5.91 Å². The molecular weight excluding hydrogens is 146 g/mol. The second-order valence-electron chi connectivity index (χ2n) is 3.23. The summed E-state index contributed by atoms with van der Waals surface area (Å²) in [4.78, 5) is 15.7. The van der Waals surface area contributed by atoms with Gasteiger partial charge in [0.05, 0.1) is 0 Å². The third-order valence-corrected chi connectivity index (χ3v) is 1.02. The lowest BCUT2D eigenvalue weighted by Gasteiger charge is -2.16. The molecule has 66 valence electrons. The minimum absolute atomic E-state index is 0.0713. The van der Waals surface area contributed by atoms with Crippen LogP contribution >= 0.6 is 0 Å². The monoisotopic (exact) mass is 161 g/mol. The molecule has 0 aliphatic heterocycles. The van der Waals surface area contributed by atoms with Gasteiger partial charge in [-0.3, -0.25) is 4.79 Å². The molecule has 0 aromatic carbocycles. The van der Waals surface area contributed by atoms with Gasteiger partial charge in [-0.05, 0) is 0 Å². The normalized spacial score (nSPS) is 11.3. The Balaban J connectivity index is 3.54. The first-order valence-corrected chi connectivity index (χ1v) is 3.39. The van der Waals surface area contributed by atoms with Crippen LogP contribution in [-0.2, 0) is 14.4 Å². The van der Waals surface area contributed by atoms with Gasteiger partial charge in [-0.1, -0.05) is 20.8 Å². The lowest BCUT2D eigenvalue weighted by Crippen LogP contribution is -2.35. The van der Waals surface area contributed by atoms with Crippen LogP contribution in [0.3, 0.4) is 0 Å². The van der Waals surface area contributed by atoms with E-state index in [0.29, 0.717) is 0 Å². The van der Waals surface area contributed by atoms with Crippen LogP contribution < -0.4 is 5.48 Å². The summed E-state index contributed by atoms with van der Waals surface area (Å²) in [6, 6.07) is 0. The van der Waals surface area contributed by atoms with E-state index >= 15 is 0 Å². The van der Waals surface area contributed by atoms with E-state index in [1.165, 1.54) is 7.11 Å². The minimum atomic E-state index is -0.423. The van der Waals surface area contributed by atoms with E-state index in [2.05, 4.69) is 15.1 Å². The molecule has 0 radical (unpaired) electrons. The Morgan fingerprint density at radius 2 is 2.00 bits per heavy atom. The minimum Gasteiger partial charge on any atom is -0.356 e. The maximum atomic E-state index is 11.0. The van der Waals surface area contributed by atoms with Crippen molar-refractivity contribution in [3.8, 4) is 0 Å². The first kappa shape index (κ1) is 10.4. The molecule has 11 heavy (non-hydrogen) atoms. The van der Waals surface area contributed by atoms with Gasteiger partial charge in [0, 0.05) is 12.5 Å². The second-order valence-corrected chi connectivity index (χ2v) is 3.23. The van der Waals surface area contributed by atoms with Gasteiger partial charge >= 0.3 is 0 Å². The Hall–Kier alpha value is -0.610. The number of hydrogen-bond donors (Lipinski definition) is 1. The quantitative estimate of drug-likeness (QED) is 0.376. The summed E-state index contributed by atoms with van der Waals surface area (Å²) in [5, 5.41) is 0. The van der Waals surface area contributed by atoms with Crippen molar-refractivity contribution in [3.05, 3.63) is 0 Å². The van der Waals surface area contributed by atoms with E-state index < -0.39 is 5.41 Å². The molecule has 0 rings (SSSR count). The topological polar surface area (TPSA) is 47.6 Å². The van der Waals surface area contributed by atoms with Crippen LogP contribution in [0.4, 0.5) is 0 Å². The number of hydroxylamine groups is 1. The Bertz CT molecular complexity index is 128. The third-order valence-electron chi connectivity index (χ3n) is 1.02. The standard InChI is InChI=1S/C7H15NO3/c1-7(2,3)6(9)8-11-5-10-4/h5H2,1-4H3,(H,8,9). The first-order valence-electron chi connectivity index (χ1n) is 3.39. The molecule has 0 bridgehead atoms. The summed E-state index contributed by atoms with van der Waals surface area (Å²) in [6.45, 7) is 5.48. The predicted octanol–water partition coefficient (Wildman–Crippen LogP) is 0.684. The highest BCUT2D eigenvalue weighted by molar-refractivity contribution is 5.80. The highest BCUT2D eigenvalue weighted by atomic mass is 16.8. The highest BCUT2D eigenvalue weighted by Crippen LogP contribution is 2.11. The van der Waals surface area contributed by atoms with Crippen molar-refractivity contribution in [2.45, 2.75) is 20.8 Å². The number of hydrogen-bond acceptors (Lipinski definition) is 3. The van der Waals surface area contributed by atoms with Crippen molar-refractivity contribution < 1.29 is 14.4 Å². The van der Waals surface area contributed by atoms with Gasteiger partial charge in [0.25, 0.3) is 0 Å². The third kappa shape index (κ3) is 4.75. The van der Waals surface area contributed by atoms with Crippen LogP contribution in [0.1, 0.15) is 20.8 Å². The Kier molecular flexibility index (Phi) is 4.07. The van der Waals surface area contributed by atoms with Crippen LogP contribution in [0.5, 0.6) is 0 Å². The molecule has 1 N–H and O–H groups in total. The molecular formula is C7H15NO3. The van der Waals surface area contributed by atoms with Crippen LogP contribution in [0.15, 0.2) is 0 Å². The molecule has 0 saturated heterocycles. The molecule has 0 atom stereocenters. The molecule has 4 nitrogen and oxygen atoms in total. The number of nitrogens with one attached hydrogen (secondary N) is 1. The van der Waals surface area contributed by atoms with Crippen LogP contribution in [-0.4, -0.2) is 19.8 Å². The molecule has 0 spiro atoms. The fraction of sp³-hybridized carbons (Fsp3) is 0.857. The van der Waals surface area contributed by atoms with E-state index in [1.54, 1.807) is 20.8 Å². The highest BCUT2D eigenvalue weighted by Gasteiger charge is 2.20. The molecule has 0 heterocycles. The Morgan fingerprint density at radius 1 is 1.45 bits per heavy atom. The maximum absolute atomic E-state index is 11.0. The number of carbonyl (C=O) groups is 1. The van der Waals surface area contributed by atoms with Crippen molar-refractivity contribution in [1.29, 1.82) is 0 Å². The van der Waals surface area contributed by atoms with Crippen molar-refractivity contribution in [1.82, 2.24) is 5.48 Å². The van der Waals surface area contributed by atoms with Gasteiger partial charge in [-0.2, -0.15) is 0 Å². The van der Waals surface area contributed by atoms with Crippen LogP contribution in [0.2, 0.25) is 0 Å². The van der Waals surface area contributed by atoms with E-state index in [-0.39, 0.29) is 12.7 Å². The molecule has 0 aromatic heterocycles. The van der Waals surface area contributed by atoms with Crippen molar-refractivity contribution in [3.63, 3.8) is 0 Å². The summed E-state index contributed by atoms with van der Waals surface area (Å²) < 4.78 is 4.57. The average Bonchev–Trinajstić information content (AvgIpc) is 1.86. The number of methoxy groups -OCH3 is 1. The number of rotatable bonds is 3. The van der Waals surface area contributed by atoms with Gasteiger partial charge < -0.3 is 4.74 Å². The van der Waals surface area contributed by atoms with Gasteiger partial charge in [-0.25, -0.2) is 10.3 Å². The van der Waals surface area contributed by atoms with Gasteiger partial charge in [-0.15, -0.1) is 0 Å². The van der Waals surface area contributed by atoms with Gasteiger partial charge in [0.1, 0.15) is 0 Å². The second kappa shape index (κ2) is 4.31. The zero-order valence-corrected chi connectivity index (χ0v) is 7.43. The molecule has 0 saturated carbocycles. The number of amides is 1. The Morgan fingerprint density at radius 3 is 2.36 bits per heavy atom.